The second-order valence-electron chi connectivity index (χ2n) is 6.97. The molecule has 1 aliphatic heterocycles. The third kappa shape index (κ3) is 3.75. The third-order valence-electron chi connectivity index (χ3n) is 4.28. The molecule has 0 aromatic carbocycles. The first-order valence-corrected chi connectivity index (χ1v) is 10.3. The number of hydrogen-bond donors (Lipinski definition) is 1. The Morgan fingerprint density at radius 3 is 2.77 bits per heavy atom. The normalized spacial score (nSPS) is 23.0. The average molecular weight is 327 g/mol. The van der Waals surface area contributed by atoms with Gasteiger partial charge in [-0.2, -0.15) is 4.98 Å². The van der Waals surface area contributed by atoms with Crippen molar-refractivity contribution in [2.75, 3.05) is 18.9 Å². The molecule has 2 N–H and O–H groups in total. The van der Waals surface area contributed by atoms with Crippen molar-refractivity contribution >= 4 is 14.1 Å². The fraction of sp³-hybridized carbons (Fsp3) is 0.714. The number of ether oxygens (including phenoxy) is 2. The highest BCUT2D eigenvalue weighted by Crippen LogP contribution is 2.37. The maximum Gasteiger partial charge on any atom is 0.351 e. The topological polar surface area (TPSA) is 88.6 Å². The number of aromatic nitrogens is 2. The highest BCUT2D eigenvalue weighted by Gasteiger charge is 2.39. The molecule has 0 radical (unpaired) electrons. The molecule has 124 valence electrons. The van der Waals surface area contributed by atoms with Crippen molar-refractivity contribution < 1.29 is 13.9 Å². The molecule has 0 aliphatic carbocycles. The minimum absolute atomic E-state index is 0.128. The number of hydrogen-bond acceptors (Lipinski definition) is 6. The van der Waals surface area contributed by atoms with Gasteiger partial charge in [0, 0.05) is 6.20 Å². The lowest BCUT2D eigenvalue weighted by Crippen LogP contribution is -2.42. The van der Waals surface area contributed by atoms with Gasteiger partial charge in [-0.05, 0) is 24.2 Å². The van der Waals surface area contributed by atoms with Crippen LogP contribution in [-0.4, -0.2) is 37.4 Å². The minimum Gasteiger partial charge on any atom is -0.412 e. The molecular formula is C14H25N3O4Si. The second-order valence-corrected chi connectivity index (χ2v) is 11.8. The standard InChI is InChI=1S/C14H25N3O4Si/c1-14(2,3)22(4,5)20-9-12-19-8-11(21-12)17-7-6-10(15)16-13(17)18/h6-7,11-12H,8-9H2,1-5H3,(H2,15,16,18). The second kappa shape index (κ2) is 6.11. The van der Waals surface area contributed by atoms with Gasteiger partial charge in [0.05, 0.1) is 13.2 Å². The largest absolute Gasteiger partial charge is 0.412 e. The lowest BCUT2D eigenvalue weighted by molar-refractivity contribution is -0.0962. The van der Waals surface area contributed by atoms with E-state index >= 15 is 0 Å². The molecule has 1 aromatic heterocycles. The highest BCUT2D eigenvalue weighted by atomic mass is 28.4. The summed E-state index contributed by atoms with van der Waals surface area (Å²) in [7, 11) is -1.85. The highest BCUT2D eigenvalue weighted by molar-refractivity contribution is 6.74. The van der Waals surface area contributed by atoms with E-state index in [0.29, 0.717) is 6.61 Å². The summed E-state index contributed by atoms with van der Waals surface area (Å²) in [5.41, 5.74) is 5.03. The van der Waals surface area contributed by atoms with Gasteiger partial charge in [0.15, 0.2) is 20.8 Å². The maximum atomic E-state index is 11.8. The molecular weight excluding hydrogens is 302 g/mol. The number of nitrogen functional groups attached to an aromatic ring is 1. The molecule has 1 saturated heterocycles. The Kier molecular flexibility index (Phi) is 4.76. The average Bonchev–Trinajstić information content (AvgIpc) is 2.83. The first kappa shape index (κ1) is 17.1. The molecule has 2 unspecified atom stereocenters. The number of nitrogens with two attached hydrogens (primary N) is 1. The predicted octanol–water partition coefficient (Wildman–Crippen LogP) is 1.72. The van der Waals surface area contributed by atoms with E-state index in [2.05, 4.69) is 38.8 Å². The van der Waals surface area contributed by atoms with Gasteiger partial charge in [0.2, 0.25) is 0 Å². The zero-order valence-electron chi connectivity index (χ0n) is 13.8. The maximum absolute atomic E-state index is 11.8. The van der Waals surface area contributed by atoms with Crippen molar-refractivity contribution in [3.05, 3.63) is 22.7 Å². The summed E-state index contributed by atoms with van der Waals surface area (Å²) < 4.78 is 18.8. The quantitative estimate of drug-likeness (QED) is 0.847. The summed E-state index contributed by atoms with van der Waals surface area (Å²) in [6.07, 6.45) is 0.604. The van der Waals surface area contributed by atoms with Crippen LogP contribution in [0.5, 0.6) is 0 Å². The van der Waals surface area contributed by atoms with E-state index in [9.17, 15) is 4.79 Å². The molecule has 22 heavy (non-hydrogen) atoms. The summed E-state index contributed by atoms with van der Waals surface area (Å²) in [6, 6.07) is 1.56. The molecule has 2 rings (SSSR count). The van der Waals surface area contributed by atoms with Crippen LogP contribution >= 0.6 is 0 Å². The Morgan fingerprint density at radius 1 is 1.50 bits per heavy atom. The van der Waals surface area contributed by atoms with E-state index in [1.54, 1.807) is 12.3 Å². The summed E-state index contributed by atoms with van der Waals surface area (Å²) in [4.78, 5) is 15.5. The van der Waals surface area contributed by atoms with E-state index in [0.717, 1.165) is 0 Å². The molecule has 8 heteroatoms. The van der Waals surface area contributed by atoms with Gasteiger partial charge in [0.1, 0.15) is 5.82 Å². The number of anilines is 1. The van der Waals surface area contributed by atoms with E-state index in [1.807, 2.05) is 0 Å². The smallest absolute Gasteiger partial charge is 0.351 e. The lowest BCUT2D eigenvalue weighted by atomic mass is 10.2. The van der Waals surface area contributed by atoms with Crippen LogP contribution in [0.25, 0.3) is 0 Å². The van der Waals surface area contributed by atoms with Gasteiger partial charge >= 0.3 is 5.69 Å². The Labute approximate surface area is 131 Å². The minimum atomic E-state index is -1.85. The van der Waals surface area contributed by atoms with Crippen molar-refractivity contribution in [3.63, 3.8) is 0 Å². The van der Waals surface area contributed by atoms with Crippen molar-refractivity contribution in [1.29, 1.82) is 0 Å². The van der Waals surface area contributed by atoms with Crippen molar-refractivity contribution in [3.8, 4) is 0 Å². The van der Waals surface area contributed by atoms with Crippen LogP contribution in [0.4, 0.5) is 5.82 Å². The zero-order valence-corrected chi connectivity index (χ0v) is 14.8. The van der Waals surface area contributed by atoms with Crippen LogP contribution < -0.4 is 11.4 Å². The molecule has 1 aliphatic rings. The molecule has 0 bridgehead atoms. The molecule has 0 amide bonds. The van der Waals surface area contributed by atoms with Crippen LogP contribution in [0.15, 0.2) is 17.1 Å². The van der Waals surface area contributed by atoms with Crippen LogP contribution in [0.2, 0.25) is 18.1 Å². The van der Waals surface area contributed by atoms with Crippen molar-refractivity contribution in [2.24, 2.45) is 0 Å². The molecule has 1 aromatic rings. The molecule has 0 spiro atoms. The summed E-state index contributed by atoms with van der Waals surface area (Å²) in [6.45, 7) is 11.5. The molecule has 2 heterocycles. The van der Waals surface area contributed by atoms with E-state index in [1.165, 1.54) is 4.57 Å². The van der Waals surface area contributed by atoms with Gasteiger partial charge in [0.25, 0.3) is 0 Å². The van der Waals surface area contributed by atoms with E-state index < -0.39 is 26.5 Å². The van der Waals surface area contributed by atoms with Crippen LogP contribution in [-0.2, 0) is 13.9 Å². The molecule has 1 fully saturated rings. The molecule has 7 nitrogen and oxygen atoms in total. The summed E-state index contributed by atoms with van der Waals surface area (Å²) >= 11 is 0. The lowest BCUT2D eigenvalue weighted by Gasteiger charge is -2.36. The fourth-order valence-corrected chi connectivity index (χ4v) is 2.80. The number of nitrogens with zero attached hydrogens (tertiary/aromatic N) is 2. The van der Waals surface area contributed by atoms with Gasteiger partial charge in [-0.25, -0.2) is 4.79 Å². The van der Waals surface area contributed by atoms with Gasteiger partial charge < -0.3 is 19.6 Å². The van der Waals surface area contributed by atoms with Gasteiger partial charge in [-0.3, -0.25) is 4.57 Å². The third-order valence-corrected chi connectivity index (χ3v) is 8.78. The summed E-state index contributed by atoms with van der Waals surface area (Å²) in [5.74, 6) is 0.193. The van der Waals surface area contributed by atoms with Crippen molar-refractivity contribution in [1.82, 2.24) is 9.55 Å². The monoisotopic (exact) mass is 327 g/mol. The number of rotatable bonds is 4. The first-order valence-electron chi connectivity index (χ1n) is 7.36. The van der Waals surface area contributed by atoms with Crippen LogP contribution in [0.3, 0.4) is 0 Å². The Bertz CT molecular complexity index is 582. The zero-order chi connectivity index (χ0) is 16.5. The Hall–Kier alpha value is -1.22. The molecule has 2 atom stereocenters. The Balaban J connectivity index is 1.95. The van der Waals surface area contributed by atoms with E-state index in [4.69, 9.17) is 19.6 Å². The van der Waals surface area contributed by atoms with Crippen LogP contribution in [0.1, 0.15) is 27.0 Å². The van der Waals surface area contributed by atoms with Crippen molar-refractivity contribution in [2.45, 2.75) is 51.4 Å². The summed E-state index contributed by atoms with van der Waals surface area (Å²) in [5, 5.41) is 0.128. The Morgan fingerprint density at radius 2 is 2.18 bits per heavy atom. The van der Waals surface area contributed by atoms with Crippen LogP contribution in [0, 0.1) is 0 Å². The SMILES string of the molecule is CC(C)(C)[Si](C)(C)OCC1OCC(n2ccc(N)nc2=O)O1. The van der Waals surface area contributed by atoms with Gasteiger partial charge in [-0.15, -0.1) is 0 Å². The molecule has 0 saturated carbocycles. The fourth-order valence-electron chi connectivity index (χ4n) is 1.81. The van der Waals surface area contributed by atoms with E-state index in [-0.39, 0.29) is 17.5 Å². The predicted molar refractivity (Wildman–Crippen MR) is 85.9 cm³/mol. The first-order chi connectivity index (χ1) is 10.1. The van der Waals surface area contributed by atoms with Gasteiger partial charge in [-0.1, -0.05) is 20.8 Å².